The quantitative estimate of drug-likeness (QED) is 0.272. The molecule has 0 atom stereocenters. The zero-order chi connectivity index (χ0) is 22.9. The molecule has 0 bridgehead atoms. The fraction of sp³-hybridized carbons (Fsp3) is 0.0435. The van der Waals surface area contributed by atoms with Gasteiger partial charge in [0.2, 0.25) is 5.90 Å². The number of halogens is 2. The summed E-state index contributed by atoms with van der Waals surface area (Å²) >= 11 is 12.0. The molecule has 0 saturated carbocycles. The van der Waals surface area contributed by atoms with Gasteiger partial charge >= 0.3 is 16.1 Å². The second-order valence-electron chi connectivity index (χ2n) is 6.88. The number of cyclic esters (lactones) is 1. The van der Waals surface area contributed by atoms with Crippen molar-refractivity contribution in [2.45, 2.75) is 11.8 Å². The van der Waals surface area contributed by atoms with Crippen molar-refractivity contribution in [3.05, 3.63) is 99.2 Å². The molecule has 0 N–H and O–H groups in total. The molecule has 0 spiro atoms. The SMILES string of the molecule is Cc1ccc(C2=N/C(=C/c3ccc(OS(=O)(=O)c4ccc(Cl)cc4)c(Cl)c3)C(=O)O2)cc1. The summed E-state index contributed by atoms with van der Waals surface area (Å²) in [6.45, 7) is 1.95. The summed E-state index contributed by atoms with van der Waals surface area (Å²) in [6, 6.07) is 17.4. The second-order valence-corrected chi connectivity index (χ2v) is 9.27. The molecule has 32 heavy (non-hydrogen) atoms. The van der Waals surface area contributed by atoms with Crippen molar-refractivity contribution >= 4 is 51.3 Å². The Morgan fingerprint density at radius 3 is 2.31 bits per heavy atom. The molecule has 1 aliphatic heterocycles. The maximum atomic E-state index is 12.4. The Bertz CT molecular complexity index is 1360. The van der Waals surface area contributed by atoms with Crippen LogP contribution in [0.15, 0.2) is 82.3 Å². The van der Waals surface area contributed by atoms with E-state index in [0.29, 0.717) is 16.1 Å². The molecule has 9 heteroatoms. The lowest BCUT2D eigenvalue weighted by molar-refractivity contribution is -0.129. The van der Waals surface area contributed by atoms with Gasteiger partial charge in [-0.1, -0.05) is 47.0 Å². The van der Waals surface area contributed by atoms with E-state index >= 15 is 0 Å². The molecule has 0 aromatic heterocycles. The van der Waals surface area contributed by atoms with Crippen molar-refractivity contribution in [2.75, 3.05) is 0 Å². The minimum Gasteiger partial charge on any atom is -0.402 e. The number of aryl methyl sites for hydroxylation is 1. The van der Waals surface area contributed by atoms with Gasteiger partial charge in [-0.2, -0.15) is 8.42 Å². The first-order valence-corrected chi connectivity index (χ1v) is 11.5. The molecule has 1 aliphatic rings. The van der Waals surface area contributed by atoms with E-state index in [4.69, 9.17) is 32.1 Å². The van der Waals surface area contributed by atoms with E-state index in [1.54, 1.807) is 6.07 Å². The molecule has 0 fully saturated rings. The molecule has 0 unspecified atom stereocenters. The third-order valence-electron chi connectivity index (χ3n) is 4.48. The van der Waals surface area contributed by atoms with Gasteiger partial charge in [0.25, 0.3) is 0 Å². The van der Waals surface area contributed by atoms with Crippen LogP contribution in [0.3, 0.4) is 0 Å². The number of rotatable bonds is 5. The molecule has 0 aliphatic carbocycles. The number of ether oxygens (including phenoxy) is 1. The van der Waals surface area contributed by atoms with Crippen molar-refractivity contribution in [3.8, 4) is 5.75 Å². The molecular formula is C23H15Cl2NO5S. The van der Waals surface area contributed by atoms with E-state index < -0.39 is 16.1 Å². The minimum absolute atomic E-state index is 0.0472. The van der Waals surface area contributed by atoms with E-state index in [-0.39, 0.29) is 27.3 Å². The highest BCUT2D eigenvalue weighted by Gasteiger charge is 2.24. The predicted molar refractivity (Wildman–Crippen MR) is 123 cm³/mol. The van der Waals surface area contributed by atoms with Crippen LogP contribution in [0.4, 0.5) is 0 Å². The standard InChI is InChI=1S/C23H15Cl2NO5S/c1-14-2-5-16(6-3-14)22-26-20(23(27)30-22)13-15-4-11-21(19(25)12-15)31-32(28,29)18-9-7-17(24)8-10-18/h2-13H,1H3/b20-13+. The van der Waals surface area contributed by atoms with E-state index in [2.05, 4.69) is 4.99 Å². The molecule has 162 valence electrons. The summed E-state index contributed by atoms with van der Waals surface area (Å²) in [6.07, 6.45) is 1.49. The van der Waals surface area contributed by atoms with Crippen LogP contribution in [0.5, 0.6) is 5.75 Å². The molecule has 3 aromatic rings. The van der Waals surface area contributed by atoms with Crippen molar-refractivity contribution < 1.29 is 22.1 Å². The zero-order valence-corrected chi connectivity index (χ0v) is 18.9. The van der Waals surface area contributed by atoms with Gasteiger partial charge in [0, 0.05) is 10.6 Å². The number of carbonyl (C=O) groups excluding carboxylic acids is 1. The van der Waals surface area contributed by atoms with Crippen LogP contribution in [0, 0.1) is 6.92 Å². The van der Waals surface area contributed by atoms with Crippen LogP contribution < -0.4 is 4.18 Å². The van der Waals surface area contributed by atoms with E-state index in [1.807, 2.05) is 31.2 Å². The summed E-state index contributed by atoms with van der Waals surface area (Å²) in [4.78, 5) is 16.4. The van der Waals surface area contributed by atoms with Crippen molar-refractivity contribution in [1.29, 1.82) is 0 Å². The normalized spacial score (nSPS) is 14.9. The van der Waals surface area contributed by atoms with Gasteiger partial charge in [-0.05, 0) is 67.1 Å². The van der Waals surface area contributed by atoms with Crippen LogP contribution in [0.1, 0.15) is 16.7 Å². The lowest BCUT2D eigenvalue weighted by atomic mass is 10.1. The lowest BCUT2D eigenvalue weighted by Crippen LogP contribution is -2.09. The molecular weight excluding hydrogens is 473 g/mol. The fourth-order valence-electron chi connectivity index (χ4n) is 2.83. The fourth-order valence-corrected chi connectivity index (χ4v) is 4.18. The highest BCUT2D eigenvalue weighted by Crippen LogP contribution is 2.30. The monoisotopic (exact) mass is 487 g/mol. The number of nitrogens with zero attached hydrogens (tertiary/aromatic N) is 1. The zero-order valence-electron chi connectivity index (χ0n) is 16.6. The van der Waals surface area contributed by atoms with Crippen molar-refractivity contribution in [1.82, 2.24) is 0 Å². The van der Waals surface area contributed by atoms with Gasteiger partial charge in [-0.3, -0.25) is 0 Å². The Morgan fingerprint density at radius 2 is 1.66 bits per heavy atom. The largest absolute Gasteiger partial charge is 0.402 e. The number of aliphatic imine (C=N–C) groups is 1. The predicted octanol–water partition coefficient (Wildman–Crippen LogP) is 5.41. The Kier molecular flexibility index (Phi) is 6.06. The number of esters is 1. The summed E-state index contributed by atoms with van der Waals surface area (Å²) in [5.41, 5.74) is 2.37. The highest BCUT2D eigenvalue weighted by molar-refractivity contribution is 7.87. The minimum atomic E-state index is -4.09. The molecule has 4 rings (SSSR count). The van der Waals surface area contributed by atoms with Crippen molar-refractivity contribution in [3.63, 3.8) is 0 Å². The van der Waals surface area contributed by atoms with Crippen LogP contribution in [0.2, 0.25) is 10.0 Å². The first-order valence-electron chi connectivity index (χ1n) is 9.30. The third-order valence-corrected chi connectivity index (χ3v) is 6.28. The van der Waals surface area contributed by atoms with E-state index in [1.165, 1.54) is 42.5 Å². The molecule has 6 nitrogen and oxygen atoms in total. The number of hydrogen-bond acceptors (Lipinski definition) is 6. The van der Waals surface area contributed by atoms with Gasteiger partial charge in [0.1, 0.15) is 4.90 Å². The molecule has 0 radical (unpaired) electrons. The summed E-state index contributed by atoms with van der Waals surface area (Å²) < 4.78 is 35.3. The summed E-state index contributed by atoms with van der Waals surface area (Å²) in [5, 5.41) is 0.448. The maximum absolute atomic E-state index is 12.4. The first-order chi connectivity index (χ1) is 15.2. The van der Waals surface area contributed by atoms with Gasteiger partial charge in [-0.15, -0.1) is 0 Å². The maximum Gasteiger partial charge on any atom is 0.363 e. The average Bonchev–Trinajstić information content (AvgIpc) is 3.11. The third kappa shape index (κ3) is 4.85. The van der Waals surface area contributed by atoms with Crippen molar-refractivity contribution in [2.24, 2.45) is 4.99 Å². The molecule has 0 saturated heterocycles. The lowest BCUT2D eigenvalue weighted by Gasteiger charge is -2.09. The van der Waals surface area contributed by atoms with E-state index in [0.717, 1.165) is 5.56 Å². The Hall–Kier alpha value is -3.13. The van der Waals surface area contributed by atoms with Gasteiger partial charge < -0.3 is 8.92 Å². The van der Waals surface area contributed by atoms with Gasteiger partial charge in [0.15, 0.2) is 11.4 Å². The molecule has 0 amide bonds. The van der Waals surface area contributed by atoms with Crippen LogP contribution in [0.25, 0.3) is 6.08 Å². The average molecular weight is 488 g/mol. The number of benzene rings is 3. The van der Waals surface area contributed by atoms with E-state index in [9.17, 15) is 13.2 Å². The molecule has 1 heterocycles. The molecule has 3 aromatic carbocycles. The second kappa shape index (κ2) is 8.78. The Morgan fingerprint density at radius 1 is 0.969 bits per heavy atom. The van der Waals surface area contributed by atoms with Crippen LogP contribution in [-0.2, 0) is 19.6 Å². The van der Waals surface area contributed by atoms with Crippen LogP contribution >= 0.6 is 23.2 Å². The highest BCUT2D eigenvalue weighted by atomic mass is 35.5. The first kappa shape index (κ1) is 22.1. The number of carbonyl (C=O) groups is 1. The Balaban J connectivity index is 1.56. The Labute approximate surface area is 194 Å². The summed E-state index contributed by atoms with van der Waals surface area (Å²) in [5.74, 6) is -0.440. The topological polar surface area (TPSA) is 82.0 Å². The smallest absolute Gasteiger partial charge is 0.363 e. The summed E-state index contributed by atoms with van der Waals surface area (Å²) in [7, 11) is -4.09. The van der Waals surface area contributed by atoms with Crippen LogP contribution in [-0.4, -0.2) is 20.3 Å². The number of hydrogen-bond donors (Lipinski definition) is 0. The van der Waals surface area contributed by atoms with Gasteiger partial charge in [0.05, 0.1) is 5.02 Å². The van der Waals surface area contributed by atoms with Gasteiger partial charge in [-0.25, -0.2) is 9.79 Å².